The molecule has 4 nitrogen and oxygen atoms in total. The summed E-state index contributed by atoms with van der Waals surface area (Å²) in [6.07, 6.45) is 17.3. The highest BCUT2D eigenvalue weighted by molar-refractivity contribution is 9.11. The Hall–Kier alpha value is -1.38. The average molecular weight is 1040 g/mol. The number of rotatable bonds is 19. The van der Waals surface area contributed by atoms with Crippen LogP contribution in [0.15, 0.2) is 40.6 Å². The molecule has 0 amide bonds. The molecule has 0 bridgehead atoms. The second-order valence-electron chi connectivity index (χ2n) is 17.8. The molecule has 6 heterocycles. The van der Waals surface area contributed by atoms with Crippen LogP contribution in [0.4, 0.5) is 11.4 Å². The molecule has 0 spiro atoms. The quantitative estimate of drug-likeness (QED) is 0.0810. The number of thiophene rings is 4. The molecule has 12 heteroatoms. The summed E-state index contributed by atoms with van der Waals surface area (Å²) in [6, 6.07) is 10.0. The van der Waals surface area contributed by atoms with Crippen molar-refractivity contribution in [3.8, 4) is 40.4 Å². The first-order valence-electron chi connectivity index (χ1n) is 22.4. The normalized spacial score (nSPS) is 20.0. The number of hydrogen-bond donors (Lipinski definition) is 0. The summed E-state index contributed by atoms with van der Waals surface area (Å²) in [5.41, 5.74) is 12.3. The number of fused-ring (bicyclic) bond motifs is 8. The van der Waals surface area contributed by atoms with E-state index in [9.17, 15) is 0 Å². The maximum absolute atomic E-state index is 5.14. The van der Waals surface area contributed by atoms with Crippen molar-refractivity contribution in [2.75, 3.05) is 0 Å². The van der Waals surface area contributed by atoms with Gasteiger partial charge in [-0.1, -0.05) is 113 Å². The SMILES string of the molecule is CCCCC(CC)CC1(CCC)c2cc(Br)sc2-c2sc(-c3c4c(c(-c5cc6c(s5)-c5sc(Br)cc5C6(CC(C)CC)CC(CC)CCCC)c5nsnc35)N=S=N4)cc21. The van der Waals surface area contributed by atoms with Gasteiger partial charge in [-0.2, -0.15) is 17.5 Å². The average Bonchev–Trinajstić information content (AvgIpc) is 4.11. The Morgan fingerprint density at radius 3 is 1.52 bits per heavy atom. The molecule has 318 valence electrons. The first-order valence-corrected chi connectivity index (χ1v) is 28.8. The van der Waals surface area contributed by atoms with E-state index in [1.165, 1.54) is 148 Å². The van der Waals surface area contributed by atoms with Crippen molar-refractivity contribution in [2.24, 2.45) is 26.5 Å². The van der Waals surface area contributed by atoms with Gasteiger partial charge in [0.1, 0.15) is 22.4 Å². The lowest BCUT2D eigenvalue weighted by Gasteiger charge is -2.37. The highest BCUT2D eigenvalue weighted by atomic mass is 79.9. The zero-order valence-corrected chi connectivity index (χ0v) is 44.0. The van der Waals surface area contributed by atoms with E-state index in [4.69, 9.17) is 17.5 Å². The number of aromatic nitrogens is 2. The molecule has 5 atom stereocenters. The summed E-state index contributed by atoms with van der Waals surface area (Å²) in [6.45, 7) is 16.7. The van der Waals surface area contributed by atoms with Gasteiger partial charge in [0.15, 0.2) is 0 Å². The van der Waals surface area contributed by atoms with Gasteiger partial charge in [0, 0.05) is 51.2 Å². The van der Waals surface area contributed by atoms with Crippen molar-refractivity contribution in [2.45, 2.75) is 149 Å². The molecule has 0 radical (unpaired) electrons. The Balaban J connectivity index is 1.20. The number of halogens is 2. The van der Waals surface area contributed by atoms with Crippen molar-refractivity contribution in [1.29, 1.82) is 0 Å². The maximum atomic E-state index is 5.14. The Kier molecular flexibility index (Phi) is 13.1. The minimum absolute atomic E-state index is 0.00388. The Morgan fingerprint density at radius 2 is 1.03 bits per heavy atom. The van der Waals surface area contributed by atoms with Crippen LogP contribution in [0.1, 0.15) is 161 Å². The van der Waals surface area contributed by atoms with E-state index in [-0.39, 0.29) is 10.8 Å². The fraction of sp³-hybridized carbons (Fsp3) is 0.542. The molecule has 0 saturated heterocycles. The molecule has 1 aliphatic heterocycles. The molecule has 0 saturated carbocycles. The van der Waals surface area contributed by atoms with Crippen molar-refractivity contribution in [3.05, 3.63) is 54.1 Å². The minimum atomic E-state index is -0.00388. The largest absolute Gasteiger partial charge is 0.172 e. The number of nitrogens with zero attached hydrogens (tertiary/aromatic N) is 4. The van der Waals surface area contributed by atoms with Crippen LogP contribution in [0.25, 0.3) is 51.4 Å². The molecule has 0 fully saturated rings. The summed E-state index contributed by atoms with van der Waals surface area (Å²) in [5.74, 6) is 2.02. The molecule has 6 aromatic rings. The highest BCUT2D eigenvalue weighted by Crippen LogP contribution is 2.66. The van der Waals surface area contributed by atoms with E-state index < -0.39 is 0 Å². The lowest BCUT2D eigenvalue weighted by molar-refractivity contribution is 0.284. The monoisotopic (exact) mass is 1040 g/mol. The topological polar surface area (TPSA) is 50.5 Å². The third kappa shape index (κ3) is 7.23. The van der Waals surface area contributed by atoms with E-state index in [1.54, 1.807) is 11.1 Å². The second-order valence-corrected chi connectivity index (χ2v) is 25.9. The number of hydrogen-bond acceptors (Lipinski definition) is 9. The minimum Gasteiger partial charge on any atom is -0.172 e. The molecular formula is C48H56Br2N4S6. The van der Waals surface area contributed by atoms with Crippen molar-refractivity contribution in [1.82, 2.24) is 8.75 Å². The van der Waals surface area contributed by atoms with Gasteiger partial charge in [-0.05, 0) is 122 Å². The second kappa shape index (κ2) is 17.9. The summed E-state index contributed by atoms with van der Waals surface area (Å²) in [5, 5.41) is 0. The van der Waals surface area contributed by atoms with E-state index in [0.29, 0.717) is 17.8 Å². The lowest BCUT2D eigenvalue weighted by atomic mass is 9.66. The van der Waals surface area contributed by atoms with Gasteiger partial charge < -0.3 is 0 Å². The maximum Gasteiger partial charge on any atom is 0.116 e. The highest BCUT2D eigenvalue weighted by Gasteiger charge is 2.49. The molecule has 2 aliphatic carbocycles. The van der Waals surface area contributed by atoms with Crippen LogP contribution in [0, 0.1) is 17.8 Å². The van der Waals surface area contributed by atoms with Gasteiger partial charge >= 0.3 is 0 Å². The first-order chi connectivity index (χ1) is 29.1. The summed E-state index contributed by atoms with van der Waals surface area (Å²) < 4.78 is 23.0. The van der Waals surface area contributed by atoms with Gasteiger partial charge in [0.25, 0.3) is 0 Å². The van der Waals surface area contributed by atoms with Crippen LogP contribution in [-0.2, 0) is 22.2 Å². The molecule has 1 aromatic carbocycles. The van der Waals surface area contributed by atoms with Gasteiger partial charge in [0.2, 0.25) is 0 Å². The van der Waals surface area contributed by atoms with Crippen LogP contribution >= 0.6 is 88.9 Å². The smallest absolute Gasteiger partial charge is 0.116 e. The predicted molar refractivity (Wildman–Crippen MR) is 274 cm³/mol. The lowest BCUT2D eigenvalue weighted by Crippen LogP contribution is -2.30. The number of benzene rings is 1. The van der Waals surface area contributed by atoms with Crippen LogP contribution in [-0.4, -0.2) is 8.75 Å². The zero-order chi connectivity index (χ0) is 41.9. The van der Waals surface area contributed by atoms with Crippen LogP contribution in [0.2, 0.25) is 0 Å². The first kappa shape index (κ1) is 43.9. The van der Waals surface area contributed by atoms with Gasteiger partial charge in [-0.25, -0.2) is 0 Å². The van der Waals surface area contributed by atoms with Crippen molar-refractivity contribution >= 4 is 123 Å². The predicted octanol–water partition coefficient (Wildman–Crippen LogP) is 19.5. The van der Waals surface area contributed by atoms with Gasteiger partial charge in [0.05, 0.1) is 30.7 Å². The molecule has 5 aromatic heterocycles. The zero-order valence-electron chi connectivity index (χ0n) is 35.9. The molecule has 3 aliphatic rings. The number of unbranched alkanes of at least 4 members (excludes halogenated alkanes) is 2. The van der Waals surface area contributed by atoms with Crippen LogP contribution < -0.4 is 0 Å². The fourth-order valence-electron chi connectivity index (χ4n) is 11.0. The molecular weight excluding hydrogens is 985 g/mol. The Bertz CT molecular complexity index is 2620. The van der Waals surface area contributed by atoms with Crippen molar-refractivity contribution in [3.63, 3.8) is 0 Å². The van der Waals surface area contributed by atoms with Gasteiger partial charge in [-0.3, -0.25) is 0 Å². The van der Waals surface area contributed by atoms with E-state index in [1.807, 2.05) is 45.3 Å². The van der Waals surface area contributed by atoms with Crippen LogP contribution in [0.5, 0.6) is 0 Å². The van der Waals surface area contributed by atoms with E-state index >= 15 is 0 Å². The molecule has 60 heavy (non-hydrogen) atoms. The van der Waals surface area contributed by atoms with Crippen molar-refractivity contribution < 1.29 is 0 Å². The summed E-state index contributed by atoms with van der Waals surface area (Å²) in [4.78, 5) is 8.32. The Labute approximate surface area is 397 Å². The standard InChI is InChI=1S/C48H56Br2N4S6/c1-8-14-16-27(12-5)24-47(18-10-3)29-19-33(55-43(29)45-31(47)21-35(49)57-45)37-39-41(53-59-51-39)38(42-40(37)52-60-54-42)34-20-30-44(56-34)46-32(22-36(50)58-46)48(30,23-26(7)11-4)25-28(13-6)17-15-9-2/h19-22,26-28H,8-18,23-25H2,1-7H3. The molecule has 0 N–H and O–H groups in total. The van der Waals surface area contributed by atoms with Crippen LogP contribution in [0.3, 0.4) is 0 Å². The van der Waals surface area contributed by atoms with Gasteiger partial charge in [-0.15, -0.1) is 45.3 Å². The van der Waals surface area contributed by atoms with E-state index in [2.05, 4.69) is 105 Å². The third-order valence-electron chi connectivity index (χ3n) is 14.2. The van der Waals surface area contributed by atoms with E-state index in [0.717, 1.165) is 46.4 Å². The Morgan fingerprint density at radius 1 is 0.567 bits per heavy atom. The fourth-order valence-corrected chi connectivity index (χ4v) is 18.5. The summed E-state index contributed by atoms with van der Waals surface area (Å²) >= 11 is 18.3. The molecule has 9 rings (SSSR count). The summed E-state index contributed by atoms with van der Waals surface area (Å²) in [7, 11) is 0. The third-order valence-corrected chi connectivity index (χ3v) is 21.2. The molecule has 5 unspecified atom stereocenters.